The quantitative estimate of drug-likeness (QED) is 0.787. The molecule has 0 fully saturated rings. The summed E-state index contributed by atoms with van der Waals surface area (Å²) in [5.41, 5.74) is 0.796. The van der Waals surface area contributed by atoms with E-state index in [1.54, 1.807) is 12.1 Å². The molecule has 0 saturated carbocycles. The van der Waals surface area contributed by atoms with Gasteiger partial charge in [0.1, 0.15) is 11.3 Å². The average Bonchev–Trinajstić information content (AvgIpc) is 2.27. The van der Waals surface area contributed by atoms with E-state index in [1.807, 2.05) is 0 Å². The second-order valence-corrected chi connectivity index (χ2v) is 3.09. The lowest BCUT2D eigenvalue weighted by atomic mass is 10.1. The Morgan fingerprint density at radius 1 is 1.25 bits per heavy atom. The molecule has 1 N–H and O–H groups in total. The highest BCUT2D eigenvalue weighted by molar-refractivity contribution is 5.95. The summed E-state index contributed by atoms with van der Waals surface area (Å²) in [6, 6.07) is 4.75. The smallest absolute Gasteiger partial charge is 0.341 e. The summed E-state index contributed by atoms with van der Waals surface area (Å²) < 4.78 is 9.62. The Balaban J connectivity index is 3.10. The van der Waals surface area contributed by atoms with Gasteiger partial charge in [-0.3, -0.25) is 4.79 Å². The fourth-order valence-electron chi connectivity index (χ4n) is 1.26. The van der Waals surface area contributed by atoms with Gasteiger partial charge in [0.05, 0.1) is 14.2 Å². The second kappa shape index (κ2) is 5.16. The fraction of sp³-hybridized carbons (Fsp3) is 0.273. The van der Waals surface area contributed by atoms with Crippen LogP contribution in [0, 0.1) is 0 Å². The first-order valence-electron chi connectivity index (χ1n) is 4.62. The summed E-state index contributed by atoms with van der Waals surface area (Å²) in [5, 5.41) is 2.57. The lowest BCUT2D eigenvalue weighted by Gasteiger charge is -2.09. The number of nitrogens with one attached hydrogen (secondary N) is 1. The Labute approximate surface area is 93.4 Å². The molecule has 0 saturated heterocycles. The third-order valence-electron chi connectivity index (χ3n) is 1.93. The average molecular weight is 223 g/mol. The molecule has 1 aromatic carbocycles. The lowest BCUT2D eigenvalue weighted by molar-refractivity contribution is -0.114. The Morgan fingerprint density at radius 2 is 1.94 bits per heavy atom. The van der Waals surface area contributed by atoms with Crippen LogP contribution in [-0.4, -0.2) is 26.1 Å². The zero-order chi connectivity index (χ0) is 12.1. The van der Waals surface area contributed by atoms with E-state index in [0.717, 1.165) is 0 Å². The van der Waals surface area contributed by atoms with E-state index < -0.39 is 5.97 Å². The van der Waals surface area contributed by atoms with Gasteiger partial charge in [0, 0.05) is 12.6 Å². The van der Waals surface area contributed by atoms with Gasteiger partial charge in [0.15, 0.2) is 0 Å². The van der Waals surface area contributed by atoms with Gasteiger partial charge in [-0.15, -0.1) is 0 Å². The van der Waals surface area contributed by atoms with Crippen LogP contribution in [0.3, 0.4) is 0 Å². The minimum atomic E-state index is -0.510. The maximum absolute atomic E-state index is 11.4. The van der Waals surface area contributed by atoms with Gasteiger partial charge < -0.3 is 14.8 Å². The Hall–Kier alpha value is -2.04. The molecule has 5 nitrogen and oxygen atoms in total. The van der Waals surface area contributed by atoms with Crippen LogP contribution in [-0.2, 0) is 9.53 Å². The van der Waals surface area contributed by atoms with Crippen molar-refractivity contribution in [3.8, 4) is 5.75 Å². The standard InChI is InChI=1S/C11H13NO4/c1-7(13)12-8-4-5-10(15-2)9(6-8)11(14)16-3/h4-6H,1-3H3,(H,12,13). The minimum Gasteiger partial charge on any atom is -0.496 e. The highest BCUT2D eigenvalue weighted by Crippen LogP contribution is 2.23. The van der Waals surface area contributed by atoms with E-state index in [-0.39, 0.29) is 11.5 Å². The molecule has 0 aliphatic carbocycles. The van der Waals surface area contributed by atoms with E-state index in [0.29, 0.717) is 11.4 Å². The fourth-order valence-corrected chi connectivity index (χ4v) is 1.26. The van der Waals surface area contributed by atoms with E-state index in [4.69, 9.17) is 4.74 Å². The van der Waals surface area contributed by atoms with Crippen molar-refractivity contribution in [1.29, 1.82) is 0 Å². The molecule has 86 valence electrons. The van der Waals surface area contributed by atoms with Gasteiger partial charge in [-0.2, -0.15) is 0 Å². The maximum atomic E-state index is 11.4. The van der Waals surface area contributed by atoms with E-state index in [1.165, 1.54) is 27.2 Å². The largest absolute Gasteiger partial charge is 0.496 e. The van der Waals surface area contributed by atoms with Crippen molar-refractivity contribution in [2.75, 3.05) is 19.5 Å². The summed E-state index contributed by atoms with van der Waals surface area (Å²) in [6.45, 7) is 1.39. The molecule has 0 aromatic heterocycles. The molecule has 0 heterocycles. The molecule has 1 rings (SSSR count). The highest BCUT2D eigenvalue weighted by Gasteiger charge is 2.13. The molecule has 1 amide bonds. The van der Waals surface area contributed by atoms with E-state index >= 15 is 0 Å². The summed E-state index contributed by atoms with van der Waals surface area (Å²) in [7, 11) is 2.74. The molecule has 1 aromatic rings. The van der Waals surface area contributed by atoms with Crippen molar-refractivity contribution in [2.45, 2.75) is 6.92 Å². The van der Waals surface area contributed by atoms with Gasteiger partial charge >= 0.3 is 5.97 Å². The summed E-state index contributed by atoms with van der Waals surface area (Å²) >= 11 is 0. The topological polar surface area (TPSA) is 64.6 Å². The van der Waals surface area contributed by atoms with Crippen LogP contribution < -0.4 is 10.1 Å². The summed E-state index contributed by atoms with van der Waals surface area (Å²) in [6.07, 6.45) is 0. The van der Waals surface area contributed by atoms with Crippen LogP contribution in [0.15, 0.2) is 18.2 Å². The van der Waals surface area contributed by atoms with Gasteiger partial charge in [-0.1, -0.05) is 0 Å². The monoisotopic (exact) mass is 223 g/mol. The predicted molar refractivity (Wildman–Crippen MR) is 58.6 cm³/mol. The van der Waals surface area contributed by atoms with Crippen LogP contribution in [0.5, 0.6) is 5.75 Å². The molecule has 5 heteroatoms. The second-order valence-electron chi connectivity index (χ2n) is 3.09. The van der Waals surface area contributed by atoms with Crippen LogP contribution in [0.1, 0.15) is 17.3 Å². The number of amides is 1. The van der Waals surface area contributed by atoms with Crippen LogP contribution in [0.2, 0.25) is 0 Å². The van der Waals surface area contributed by atoms with Crippen molar-refractivity contribution in [3.63, 3.8) is 0 Å². The van der Waals surface area contributed by atoms with Gasteiger partial charge in [0.2, 0.25) is 5.91 Å². The molecule has 0 radical (unpaired) electrons. The molecule has 0 atom stereocenters. The minimum absolute atomic E-state index is 0.207. The number of rotatable bonds is 3. The molecular weight excluding hydrogens is 210 g/mol. The third-order valence-corrected chi connectivity index (χ3v) is 1.93. The Bertz CT molecular complexity index is 414. The molecular formula is C11H13NO4. The zero-order valence-corrected chi connectivity index (χ0v) is 9.37. The zero-order valence-electron chi connectivity index (χ0n) is 9.37. The normalized spacial score (nSPS) is 9.44. The molecule has 0 aliphatic heterocycles. The number of esters is 1. The van der Waals surface area contributed by atoms with Crippen molar-refractivity contribution >= 4 is 17.6 Å². The first-order chi connectivity index (χ1) is 7.58. The van der Waals surface area contributed by atoms with E-state index in [9.17, 15) is 9.59 Å². The summed E-state index contributed by atoms with van der Waals surface area (Å²) in [5.74, 6) is -0.314. The maximum Gasteiger partial charge on any atom is 0.341 e. The number of carbonyl (C=O) groups is 2. The van der Waals surface area contributed by atoms with Crippen LogP contribution in [0.4, 0.5) is 5.69 Å². The number of benzene rings is 1. The molecule has 0 bridgehead atoms. The Kier molecular flexibility index (Phi) is 3.88. The number of hydrogen-bond acceptors (Lipinski definition) is 4. The number of carbonyl (C=O) groups excluding carboxylic acids is 2. The van der Waals surface area contributed by atoms with Crippen molar-refractivity contribution in [1.82, 2.24) is 0 Å². The number of ether oxygens (including phenoxy) is 2. The lowest BCUT2D eigenvalue weighted by Crippen LogP contribution is -2.09. The van der Waals surface area contributed by atoms with Crippen molar-refractivity contribution in [3.05, 3.63) is 23.8 Å². The third kappa shape index (κ3) is 2.73. The number of anilines is 1. The first-order valence-corrected chi connectivity index (χ1v) is 4.62. The first kappa shape index (κ1) is 12.0. The summed E-state index contributed by atoms with van der Waals surface area (Å²) in [4.78, 5) is 22.3. The van der Waals surface area contributed by atoms with Crippen LogP contribution >= 0.6 is 0 Å². The number of hydrogen-bond donors (Lipinski definition) is 1. The van der Waals surface area contributed by atoms with Crippen molar-refractivity contribution in [2.24, 2.45) is 0 Å². The predicted octanol–water partition coefficient (Wildman–Crippen LogP) is 1.44. The van der Waals surface area contributed by atoms with Gasteiger partial charge in [-0.05, 0) is 18.2 Å². The molecule has 0 spiro atoms. The van der Waals surface area contributed by atoms with Crippen molar-refractivity contribution < 1.29 is 19.1 Å². The SMILES string of the molecule is COC(=O)c1cc(NC(C)=O)ccc1OC. The molecule has 16 heavy (non-hydrogen) atoms. The highest BCUT2D eigenvalue weighted by atomic mass is 16.5. The molecule has 0 aliphatic rings. The molecule has 0 unspecified atom stereocenters. The van der Waals surface area contributed by atoms with Crippen LogP contribution in [0.25, 0.3) is 0 Å². The van der Waals surface area contributed by atoms with Gasteiger partial charge in [0.25, 0.3) is 0 Å². The number of methoxy groups -OCH3 is 2. The van der Waals surface area contributed by atoms with E-state index in [2.05, 4.69) is 10.1 Å². The van der Waals surface area contributed by atoms with Gasteiger partial charge in [-0.25, -0.2) is 4.79 Å². The Morgan fingerprint density at radius 3 is 2.44 bits per heavy atom.